The van der Waals surface area contributed by atoms with Crippen LogP contribution in [0.5, 0.6) is 0 Å². The second-order valence-electron chi connectivity index (χ2n) is 4.78. The molecule has 0 aromatic carbocycles. The zero-order chi connectivity index (χ0) is 9.19. The molecule has 1 saturated heterocycles. The lowest BCUT2D eigenvalue weighted by Crippen LogP contribution is -2.39. The van der Waals surface area contributed by atoms with E-state index in [1.54, 1.807) is 0 Å². The molecule has 1 aliphatic heterocycles. The molecule has 12 heavy (non-hydrogen) atoms. The Balaban J connectivity index is 2.35. The lowest BCUT2D eigenvalue weighted by Gasteiger charge is -2.31. The summed E-state index contributed by atoms with van der Waals surface area (Å²) in [5, 5.41) is 8.80. The molecule has 0 spiro atoms. The summed E-state index contributed by atoms with van der Waals surface area (Å²) in [6, 6.07) is 0. The largest absolute Gasteiger partial charge is 0.396 e. The summed E-state index contributed by atoms with van der Waals surface area (Å²) in [5.74, 6) is 0.731. The predicted molar refractivity (Wildman–Crippen MR) is 51.1 cm³/mol. The standard InChI is InChI=1S/C10H21NO/c1-10(2,3)11-6-4-9(8-11)5-7-12/h9,12H,4-8H2,1-3H3/t9-/m0/s1. The van der Waals surface area contributed by atoms with E-state index in [1.165, 1.54) is 19.5 Å². The first-order chi connectivity index (χ1) is 5.54. The van der Waals surface area contributed by atoms with Crippen molar-refractivity contribution in [3.63, 3.8) is 0 Å². The molecule has 2 heteroatoms. The molecule has 0 radical (unpaired) electrons. The van der Waals surface area contributed by atoms with Crippen LogP contribution in [0.3, 0.4) is 0 Å². The summed E-state index contributed by atoms with van der Waals surface area (Å²) in [6.45, 7) is 9.50. The number of aliphatic hydroxyl groups is 1. The molecule has 1 aliphatic rings. The fourth-order valence-electron chi connectivity index (χ4n) is 1.86. The minimum absolute atomic E-state index is 0.310. The third-order valence-corrected chi connectivity index (χ3v) is 2.77. The SMILES string of the molecule is CC(C)(C)N1CC[C@@H](CCO)C1. The topological polar surface area (TPSA) is 23.5 Å². The van der Waals surface area contributed by atoms with Gasteiger partial charge < -0.3 is 5.11 Å². The summed E-state index contributed by atoms with van der Waals surface area (Å²) in [4.78, 5) is 2.51. The van der Waals surface area contributed by atoms with E-state index in [4.69, 9.17) is 5.11 Å². The van der Waals surface area contributed by atoms with Crippen LogP contribution < -0.4 is 0 Å². The minimum Gasteiger partial charge on any atom is -0.396 e. The van der Waals surface area contributed by atoms with E-state index in [9.17, 15) is 0 Å². The fraction of sp³-hybridized carbons (Fsp3) is 1.00. The molecule has 0 unspecified atom stereocenters. The van der Waals surface area contributed by atoms with E-state index in [2.05, 4.69) is 25.7 Å². The molecule has 1 N–H and O–H groups in total. The Morgan fingerprint density at radius 2 is 2.08 bits per heavy atom. The summed E-state index contributed by atoms with van der Waals surface area (Å²) in [6.07, 6.45) is 2.24. The Morgan fingerprint density at radius 3 is 2.50 bits per heavy atom. The van der Waals surface area contributed by atoms with Crippen LogP contribution in [0, 0.1) is 5.92 Å². The highest BCUT2D eigenvalue weighted by Gasteiger charge is 2.29. The third-order valence-electron chi connectivity index (χ3n) is 2.77. The summed E-state index contributed by atoms with van der Waals surface area (Å²) >= 11 is 0. The number of nitrogens with zero attached hydrogens (tertiary/aromatic N) is 1. The van der Waals surface area contributed by atoms with Crippen LogP contribution in [-0.2, 0) is 0 Å². The van der Waals surface area contributed by atoms with Crippen LogP contribution in [0.15, 0.2) is 0 Å². The smallest absolute Gasteiger partial charge is 0.0434 e. The monoisotopic (exact) mass is 171 g/mol. The number of aliphatic hydroxyl groups excluding tert-OH is 1. The highest BCUT2D eigenvalue weighted by Crippen LogP contribution is 2.25. The fourth-order valence-corrected chi connectivity index (χ4v) is 1.86. The Morgan fingerprint density at radius 1 is 1.42 bits per heavy atom. The van der Waals surface area contributed by atoms with Crippen molar-refractivity contribution < 1.29 is 5.11 Å². The first kappa shape index (κ1) is 10.0. The zero-order valence-electron chi connectivity index (χ0n) is 8.51. The van der Waals surface area contributed by atoms with Crippen molar-refractivity contribution in [2.75, 3.05) is 19.7 Å². The maximum absolute atomic E-state index is 8.80. The van der Waals surface area contributed by atoms with Gasteiger partial charge in [0.2, 0.25) is 0 Å². The number of hydrogen-bond donors (Lipinski definition) is 1. The molecule has 0 bridgehead atoms. The van der Waals surface area contributed by atoms with Crippen molar-refractivity contribution in [3.05, 3.63) is 0 Å². The summed E-state index contributed by atoms with van der Waals surface area (Å²) < 4.78 is 0. The van der Waals surface area contributed by atoms with Crippen LogP contribution in [0.2, 0.25) is 0 Å². The number of rotatable bonds is 2. The quantitative estimate of drug-likeness (QED) is 0.680. The van der Waals surface area contributed by atoms with Crippen molar-refractivity contribution in [1.29, 1.82) is 0 Å². The van der Waals surface area contributed by atoms with E-state index < -0.39 is 0 Å². The lowest BCUT2D eigenvalue weighted by atomic mass is 10.0. The van der Waals surface area contributed by atoms with E-state index in [1.807, 2.05) is 0 Å². The predicted octanol–water partition coefficient (Wildman–Crippen LogP) is 1.49. The van der Waals surface area contributed by atoms with Crippen LogP contribution in [0.4, 0.5) is 0 Å². The van der Waals surface area contributed by atoms with Crippen molar-refractivity contribution >= 4 is 0 Å². The average molecular weight is 171 g/mol. The molecule has 72 valence electrons. The Kier molecular flexibility index (Phi) is 3.13. The highest BCUT2D eigenvalue weighted by molar-refractivity contribution is 4.84. The molecule has 0 aromatic rings. The molecular weight excluding hydrogens is 150 g/mol. The third kappa shape index (κ3) is 2.46. The number of likely N-dealkylation sites (tertiary alicyclic amines) is 1. The van der Waals surface area contributed by atoms with Crippen LogP contribution in [0.1, 0.15) is 33.6 Å². The van der Waals surface area contributed by atoms with Crippen molar-refractivity contribution in [3.8, 4) is 0 Å². The van der Waals surface area contributed by atoms with Crippen molar-refractivity contribution in [2.24, 2.45) is 5.92 Å². The maximum atomic E-state index is 8.80. The van der Waals surface area contributed by atoms with Crippen LogP contribution >= 0.6 is 0 Å². The van der Waals surface area contributed by atoms with Crippen LogP contribution in [0.25, 0.3) is 0 Å². The summed E-state index contributed by atoms with van der Waals surface area (Å²) in [7, 11) is 0. The normalized spacial score (nSPS) is 26.5. The van der Waals surface area contributed by atoms with Gasteiger partial charge in [0.1, 0.15) is 0 Å². The zero-order valence-corrected chi connectivity index (χ0v) is 8.51. The van der Waals surface area contributed by atoms with E-state index in [0.717, 1.165) is 12.3 Å². The lowest BCUT2D eigenvalue weighted by molar-refractivity contribution is 0.163. The molecule has 1 fully saturated rings. The molecular formula is C10H21NO. The van der Waals surface area contributed by atoms with Gasteiger partial charge in [-0.15, -0.1) is 0 Å². The summed E-state index contributed by atoms with van der Waals surface area (Å²) in [5.41, 5.74) is 0.310. The minimum atomic E-state index is 0.310. The number of hydrogen-bond acceptors (Lipinski definition) is 2. The Hall–Kier alpha value is -0.0800. The Labute approximate surface area is 75.6 Å². The highest BCUT2D eigenvalue weighted by atomic mass is 16.3. The molecule has 1 atom stereocenters. The van der Waals surface area contributed by atoms with Gasteiger partial charge in [0.15, 0.2) is 0 Å². The van der Waals surface area contributed by atoms with Gasteiger partial charge in [0.05, 0.1) is 0 Å². The molecule has 1 rings (SSSR count). The first-order valence-electron chi connectivity index (χ1n) is 4.90. The molecule has 0 aromatic heterocycles. The van der Waals surface area contributed by atoms with Gasteiger partial charge >= 0.3 is 0 Å². The van der Waals surface area contributed by atoms with Crippen LogP contribution in [-0.4, -0.2) is 35.2 Å². The first-order valence-corrected chi connectivity index (χ1v) is 4.90. The molecule has 0 aliphatic carbocycles. The average Bonchev–Trinajstić information content (AvgIpc) is 2.35. The molecule has 0 saturated carbocycles. The van der Waals surface area contributed by atoms with Gasteiger partial charge in [-0.2, -0.15) is 0 Å². The second kappa shape index (κ2) is 3.75. The van der Waals surface area contributed by atoms with Gasteiger partial charge in [-0.25, -0.2) is 0 Å². The van der Waals surface area contributed by atoms with E-state index >= 15 is 0 Å². The van der Waals surface area contributed by atoms with Crippen molar-refractivity contribution in [1.82, 2.24) is 4.90 Å². The molecule has 2 nitrogen and oxygen atoms in total. The van der Waals surface area contributed by atoms with Crippen molar-refractivity contribution in [2.45, 2.75) is 39.2 Å². The second-order valence-corrected chi connectivity index (χ2v) is 4.78. The maximum Gasteiger partial charge on any atom is 0.0434 e. The Bertz CT molecular complexity index is 139. The van der Waals surface area contributed by atoms with Gasteiger partial charge in [0, 0.05) is 18.7 Å². The van der Waals surface area contributed by atoms with Gasteiger partial charge in [-0.1, -0.05) is 0 Å². The van der Waals surface area contributed by atoms with Gasteiger partial charge in [-0.3, -0.25) is 4.90 Å². The van der Waals surface area contributed by atoms with E-state index in [-0.39, 0.29) is 0 Å². The molecule has 0 amide bonds. The van der Waals surface area contributed by atoms with Gasteiger partial charge in [0.25, 0.3) is 0 Å². The van der Waals surface area contributed by atoms with Gasteiger partial charge in [-0.05, 0) is 46.1 Å². The van der Waals surface area contributed by atoms with E-state index in [0.29, 0.717) is 12.1 Å². The molecule has 1 heterocycles.